The number of rotatable bonds is 1. The van der Waals surface area contributed by atoms with E-state index in [1.54, 1.807) is 0 Å². The molecule has 0 aromatic heterocycles. The average molecular weight is 207 g/mol. The number of benzene rings is 1. The molecule has 13 heavy (non-hydrogen) atoms. The molecule has 0 amide bonds. The van der Waals surface area contributed by atoms with Crippen molar-refractivity contribution in [3.05, 3.63) is 29.6 Å². The summed E-state index contributed by atoms with van der Waals surface area (Å²) in [7, 11) is 0. The molecule has 0 saturated carbocycles. The smallest absolute Gasteiger partial charge is 0.768 e. The zero-order valence-electron chi connectivity index (χ0n) is 6.78. The van der Waals surface area contributed by atoms with Crippen molar-refractivity contribution in [2.75, 3.05) is 0 Å². The Kier molecular flexibility index (Phi) is 5.37. The van der Waals surface area contributed by atoms with Gasteiger partial charge in [0.1, 0.15) is 17.4 Å². The summed E-state index contributed by atoms with van der Waals surface area (Å²) < 4.78 is 33.5. The monoisotopic (exact) mass is 207 g/mol. The number of halogens is 1. The summed E-state index contributed by atoms with van der Waals surface area (Å²) in [5.74, 6) is -0.820. The van der Waals surface area contributed by atoms with Crippen molar-refractivity contribution in [1.82, 2.24) is 0 Å². The van der Waals surface area contributed by atoms with Crippen molar-refractivity contribution in [2.45, 2.75) is 4.90 Å². The Balaban J connectivity index is 0.00000144. The van der Waals surface area contributed by atoms with Crippen LogP contribution in [0.25, 0.3) is 0 Å². The predicted molar refractivity (Wildman–Crippen MR) is 38.3 cm³/mol. The predicted octanol–water partition coefficient (Wildman–Crippen LogP) is -2.06. The Morgan fingerprint density at radius 2 is 2.15 bits per heavy atom. The Morgan fingerprint density at radius 3 is 2.54 bits per heavy atom. The molecule has 0 aliphatic carbocycles. The fraction of sp³-hybridized carbons (Fsp3) is 0. The molecule has 0 fully saturated rings. The molecule has 1 unspecified atom stereocenters. The first kappa shape index (κ1) is 12.8. The van der Waals surface area contributed by atoms with Crippen molar-refractivity contribution in [2.24, 2.45) is 0 Å². The van der Waals surface area contributed by atoms with Crippen molar-refractivity contribution in [3.8, 4) is 6.07 Å². The first-order valence-corrected chi connectivity index (χ1v) is 4.02. The summed E-state index contributed by atoms with van der Waals surface area (Å²) in [5.41, 5.74) is -0.439. The fourth-order valence-electron chi connectivity index (χ4n) is 0.752. The molecule has 0 bridgehead atoms. The van der Waals surface area contributed by atoms with Gasteiger partial charge in [0.25, 0.3) is 0 Å². The van der Waals surface area contributed by atoms with E-state index >= 15 is 0 Å². The Labute approximate surface area is 99.1 Å². The second-order valence-electron chi connectivity index (χ2n) is 1.96. The van der Waals surface area contributed by atoms with Crippen molar-refractivity contribution >= 4 is 11.1 Å². The Bertz CT molecular complexity index is 377. The van der Waals surface area contributed by atoms with Crippen LogP contribution in [0.15, 0.2) is 23.1 Å². The van der Waals surface area contributed by atoms with Gasteiger partial charge in [-0.1, -0.05) is 6.07 Å². The van der Waals surface area contributed by atoms with E-state index in [4.69, 9.17) is 5.26 Å². The van der Waals surface area contributed by atoms with Crippen LogP contribution in [0.3, 0.4) is 0 Å². The fourth-order valence-corrected chi connectivity index (χ4v) is 1.25. The number of nitrogens with zero attached hydrogens (tertiary/aromatic N) is 1. The zero-order chi connectivity index (χ0) is 9.14. The van der Waals surface area contributed by atoms with Crippen LogP contribution in [-0.4, -0.2) is 8.76 Å². The first-order valence-electron chi connectivity index (χ1n) is 2.94. The van der Waals surface area contributed by atoms with Gasteiger partial charge >= 0.3 is 29.6 Å². The van der Waals surface area contributed by atoms with Crippen LogP contribution in [0.1, 0.15) is 5.56 Å². The van der Waals surface area contributed by atoms with Gasteiger partial charge in [-0.2, -0.15) is 5.26 Å². The number of nitriles is 1. The number of hydrogen-bond acceptors (Lipinski definition) is 3. The third kappa shape index (κ3) is 2.86. The molecule has 3 nitrogen and oxygen atoms in total. The van der Waals surface area contributed by atoms with E-state index in [0.717, 1.165) is 6.07 Å². The molecule has 6 heteroatoms. The van der Waals surface area contributed by atoms with Crippen LogP contribution in [0.5, 0.6) is 0 Å². The second-order valence-corrected chi connectivity index (χ2v) is 2.87. The molecule has 1 aromatic rings. The third-order valence-corrected chi connectivity index (χ3v) is 1.97. The molecule has 1 aromatic carbocycles. The van der Waals surface area contributed by atoms with Crippen LogP contribution in [0.4, 0.5) is 4.39 Å². The van der Waals surface area contributed by atoms with E-state index in [2.05, 4.69) is 0 Å². The minimum absolute atomic E-state index is 0. The van der Waals surface area contributed by atoms with E-state index < -0.39 is 22.5 Å². The summed E-state index contributed by atoms with van der Waals surface area (Å²) in [4.78, 5) is -0.308. The van der Waals surface area contributed by atoms with Gasteiger partial charge in [0.05, 0.1) is 0 Å². The average Bonchev–Trinajstić information content (AvgIpc) is 2.03. The van der Waals surface area contributed by atoms with Crippen LogP contribution >= 0.6 is 0 Å². The molecule has 0 N–H and O–H groups in total. The van der Waals surface area contributed by atoms with E-state index in [9.17, 15) is 13.2 Å². The van der Waals surface area contributed by atoms with Gasteiger partial charge in [-0.25, -0.2) is 4.39 Å². The van der Waals surface area contributed by atoms with Crippen molar-refractivity contribution < 1.29 is 42.7 Å². The van der Waals surface area contributed by atoms with Gasteiger partial charge in [-0.3, -0.25) is 4.21 Å². The second kappa shape index (κ2) is 5.47. The summed E-state index contributed by atoms with van der Waals surface area (Å²) >= 11 is -2.56. The van der Waals surface area contributed by atoms with Crippen LogP contribution < -0.4 is 29.6 Å². The van der Waals surface area contributed by atoms with E-state index in [1.807, 2.05) is 0 Å². The Hall–Kier alpha value is -0.250. The molecular formula is C7H3FNNaO2S. The Morgan fingerprint density at radius 1 is 1.54 bits per heavy atom. The summed E-state index contributed by atoms with van der Waals surface area (Å²) in [6.45, 7) is 0. The minimum Gasteiger partial charge on any atom is -0.768 e. The third-order valence-electron chi connectivity index (χ3n) is 1.27. The van der Waals surface area contributed by atoms with Gasteiger partial charge in [0.15, 0.2) is 0 Å². The SMILES string of the molecule is N#Cc1c(F)cccc1S(=O)[O-].[Na+]. The van der Waals surface area contributed by atoms with Crippen LogP contribution in [-0.2, 0) is 11.1 Å². The zero-order valence-corrected chi connectivity index (χ0v) is 9.60. The largest absolute Gasteiger partial charge is 1.00 e. The van der Waals surface area contributed by atoms with Gasteiger partial charge in [-0.05, 0) is 23.2 Å². The maximum Gasteiger partial charge on any atom is 1.00 e. The molecule has 0 saturated heterocycles. The van der Waals surface area contributed by atoms with Crippen LogP contribution in [0.2, 0.25) is 0 Å². The molecule has 0 radical (unpaired) electrons. The normalized spacial score (nSPS) is 11.2. The van der Waals surface area contributed by atoms with Crippen molar-refractivity contribution in [3.63, 3.8) is 0 Å². The summed E-state index contributed by atoms with van der Waals surface area (Å²) in [6, 6.07) is 4.92. The van der Waals surface area contributed by atoms with Gasteiger partial charge in [-0.15, -0.1) is 0 Å². The number of hydrogen-bond donors (Lipinski definition) is 0. The van der Waals surface area contributed by atoms with Crippen LogP contribution in [0, 0.1) is 17.1 Å². The molecule has 0 spiro atoms. The molecule has 0 heterocycles. The van der Waals surface area contributed by atoms with E-state index in [0.29, 0.717) is 0 Å². The van der Waals surface area contributed by atoms with E-state index in [1.165, 1.54) is 18.2 Å². The molecule has 62 valence electrons. The molecule has 1 rings (SSSR count). The maximum absolute atomic E-state index is 12.7. The maximum atomic E-state index is 12.7. The van der Waals surface area contributed by atoms with E-state index in [-0.39, 0.29) is 34.5 Å². The molecule has 1 atom stereocenters. The summed E-state index contributed by atoms with van der Waals surface area (Å²) in [5, 5.41) is 8.38. The molecule has 0 aliphatic heterocycles. The topological polar surface area (TPSA) is 63.9 Å². The van der Waals surface area contributed by atoms with Gasteiger partial charge in [0.2, 0.25) is 0 Å². The van der Waals surface area contributed by atoms with Gasteiger partial charge in [0, 0.05) is 4.90 Å². The van der Waals surface area contributed by atoms with Crippen molar-refractivity contribution in [1.29, 1.82) is 5.26 Å². The standard InChI is InChI=1S/C7H4FNO2S.Na/c8-6-2-1-3-7(12(10)11)5(6)4-9;/h1-3H,(H,10,11);/q;+1/p-1. The quantitative estimate of drug-likeness (QED) is 0.393. The molecular weight excluding hydrogens is 204 g/mol. The molecule has 0 aliphatic rings. The first-order chi connectivity index (χ1) is 5.66. The minimum atomic E-state index is -2.56. The summed E-state index contributed by atoms with van der Waals surface area (Å²) in [6.07, 6.45) is 0. The van der Waals surface area contributed by atoms with Gasteiger partial charge < -0.3 is 4.55 Å².